The largest absolute Gasteiger partial charge is 0.436 e. The second kappa shape index (κ2) is 11.2. The zero-order valence-corrected chi connectivity index (χ0v) is 22.0. The lowest BCUT2D eigenvalue weighted by atomic mass is 10.0. The molecule has 2 amide bonds. The summed E-state index contributed by atoms with van der Waals surface area (Å²) in [6.07, 6.45) is 1.89. The number of nitrogens with two attached hydrogens (primary N) is 1. The third kappa shape index (κ3) is 6.06. The minimum absolute atomic E-state index is 0.0109. The molecule has 0 saturated heterocycles. The molecular formula is C27H22F2N6O5S. The van der Waals surface area contributed by atoms with Gasteiger partial charge in [0.2, 0.25) is 34.5 Å². The monoisotopic (exact) mass is 580 g/mol. The molecule has 0 aliphatic heterocycles. The minimum atomic E-state index is -2.84. The molecule has 4 aromatic rings. The number of anilines is 5. The fourth-order valence-corrected chi connectivity index (χ4v) is 4.41. The summed E-state index contributed by atoms with van der Waals surface area (Å²) in [5, 5.41) is 2.90. The number of ether oxygens (including phenoxy) is 1. The first-order valence-electron chi connectivity index (χ1n) is 12.1. The lowest BCUT2D eigenvalue weighted by molar-refractivity contribution is -0.133. The number of carbonyl (C=O) groups is 2. The first-order valence-corrected chi connectivity index (χ1v) is 13.3. The van der Waals surface area contributed by atoms with E-state index >= 15 is 4.39 Å². The molecule has 1 aliphatic rings. The van der Waals surface area contributed by atoms with Crippen LogP contribution in [0.3, 0.4) is 0 Å². The van der Waals surface area contributed by atoms with Gasteiger partial charge in [-0.1, -0.05) is 6.07 Å². The predicted octanol–water partition coefficient (Wildman–Crippen LogP) is 4.16. The average molecular weight is 581 g/mol. The van der Waals surface area contributed by atoms with Crippen molar-refractivity contribution in [3.8, 4) is 11.6 Å². The standard InChI is InChI=1S/C27H22F2N6O5S/c28-16-4-6-19(7-5-16)35(25(37)27(11-12-27)24(30)36)20-8-9-22(21(29)15-20)40-23-10-13-31-26(33-23)32-17-2-1-3-18(14-17)34-41(38)39/h1-10,13-15,41H,11-12H2,(H2,30,36)(H,31,32,33)(H,34,38,39). The first-order chi connectivity index (χ1) is 19.6. The van der Waals surface area contributed by atoms with Gasteiger partial charge < -0.3 is 15.8 Å². The summed E-state index contributed by atoms with van der Waals surface area (Å²) in [5.41, 5.74) is 5.20. The SMILES string of the molecule is NC(=O)C1(C(=O)N(c2ccc(F)cc2)c2ccc(Oc3ccnc(Nc4cccc(N[SH](=O)=O)c4)n3)c(F)c2)CC1. The summed E-state index contributed by atoms with van der Waals surface area (Å²) < 4.78 is 58.6. The molecule has 1 aliphatic carbocycles. The first kappa shape index (κ1) is 27.5. The maximum absolute atomic E-state index is 15.3. The van der Waals surface area contributed by atoms with E-state index in [1.165, 1.54) is 42.6 Å². The van der Waals surface area contributed by atoms with Crippen LogP contribution in [0.5, 0.6) is 11.6 Å². The number of thiol groups is 1. The Morgan fingerprint density at radius 2 is 1.66 bits per heavy atom. The Morgan fingerprint density at radius 3 is 2.32 bits per heavy atom. The molecule has 41 heavy (non-hydrogen) atoms. The van der Waals surface area contributed by atoms with E-state index in [2.05, 4.69) is 20.0 Å². The van der Waals surface area contributed by atoms with E-state index in [1.54, 1.807) is 18.2 Å². The van der Waals surface area contributed by atoms with Crippen LogP contribution in [0.1, 0.15) is 12.8 Å². The van der Waals surface area contributed by atoms with Crippen LogP contribution >= 0.6 is 0 Å². The normalized spacial score (nSPS) is 13.3. The molecule has 210 valence electrons. The molecule has 1 aromatic heterocycles. The second-order valence-electron chi connectivity index (χ2n) is 9.07. The van der Waals surface area contributed by atoms with Gasteiger partial charge in [-0.2, -0.15) is 4.98 Å². The van der Waals surface area contributed by atoms with Gasteiger partial charge in [0.25, 0.3) is 0 Å². The van der Waals surface area contributed by atoms with Crippen LogP contribution in [0, 0.1) is 17.0 Å². The fourth-order valence-electron chi connectivity index (χ4n) is 4.06. The van der Waals surface area contributed by atoms with Crippen LogP contribution in [0.15, 0.2) is 79.0 Å². The minimum Gasteiger partial charge on any atom is -0.436 e. The van der Waals surface area contributed by atoms with Crippen molar-refractivity contribution < 1.29 is 31.5 Å². The van der Waals surface area contributed by atoms with Crippen LogP contribution in [0.2, 0.25) is 0 Å². The number of carbonyl (C=O) groups excluding carboxylic acids is 2. The van der Waals surface area contributed by atoms with Gasteiger partial charge >= 0.3 is 0 Å². The van der Waals surface area contributed by atoms with Crippen molar-refractivity contribution in [3.63, 3.8) is 0 Å². The third-order valence-corrected chi connectivity index (χ3v) is 6.72. The van der Waals surface area contributed by atoms with E-state index < -0.39 is 39.8 Å². The summed E-state index contributed by atoms with van der Waals surface area (Å²) in [4.78, 5) is 34.9. The topological polar surface area (TPSA) is 157 Å². The molecule has 1 heterocycles. The maximum atomic E-state index is 15.3. The van der Waals surface area contributed by atoms with E-state index in [-0.39, 0.29) is 41.8 Å². The molecule has 3 aromatic carbocycles. The van der Waals surface area contributed by atoms with Crippen molar-refractivity contribution in [3.05, 3.63) is 90.6 Å². The highest BCUT2D eigenvalue weighted by atomic mass is 32.2. The Hall–Kier alpha value is -5.11. The highest BCUT2D eigenvalue weighted by molar-refractivity contribution is 7.73. The zero-order valence-electron chi connectivity index (χ0n) is 21.1. The molecule has 0 unspecified atom stereocenters. The Labute approximate surface area is 234 Å². The Balaban J connectivity index is 1.38. The summed E-state index contributed by atoms with van der Waals surface area (Å²) in [6, 6.07) is 16.5. The number of hydrogen-bond donors (Lipinski definition) is 4. The summed E-state index contributed by atoms with van der Waals surface area (Å²) in [7, 11) is -2.84. The Morgan fingerprint density at radius 1 is 0.951 bits per heavy atom. The van der Waals surface area contributed by atoms with Gasteiger partial charge in [0.1, 0.15) is 11.2 Å². The highest BCUT2D eigenvalue weighted by Crippen LogP contribution is 2.49. The molecule has 4 N–H and O–H groups in total. The number of hydrogen-bond acceptors (Lipinski definition) is 8. The number of benzene rings is 3. The number of primary amides is 1. The lowest BCUT2D eigenvalue weighted by Crippen LogP contribution is -2.41. The molecule has 1 saturated carbocycles. The van der Waals surface area contributed by atoms with E-state index in [9.17, 15) is 22.4 Å². The van der Waals surface area contributed by atoms with Gasteiger partial charge in [0.05, 0.1) is 11.4 Å². The van der Waals surface area contributed by atoms with E-state index in [0.29, 0.717) is 11.4 Å². The van der Waals surface area contributed by atoms with Gasteiger partial charge in [-0.3, -0.25) is 19.2 Å². The van der Waals surface area contributed by atoms with Crippen LogP contribution in [0.4, 0.5) is 37.5 Å². The van der Waals surface area contributed by atoms with E-state index in [4.69, 9.17) is 10.5 Å². The highest BCUT2D eigenvalue weighted by Gasteiger charge is 2.57. The number of nitrogens with one attached hydrogen (secondary N) is 2. The molecule has 0 radical (unpaired) electrons. The maximum Gasteiger partial charge on any atom is 0.247 e. The van der Waals surface area contributed by atoms with Crippen molar-refractivity contribution in [2.75, 3.05) is 14.9 Å². The summed E-state index contributed by atoms with van der Waals surface area (Å²) in [6.45, 7) is 0. The van der Waals surface area contributed by atoms with Crippen LogP contribution in [-0.2, 0) is 20.5 Å². The number of nitrogens with zero attached hydrogens (tertiary/aromatic N) is 3. The van der Waals surface area contributed by atoms with Crippen LogP contribution in [-0.4, -0.2) is 30.2 Å². The van der Waals surface area contributed by atoms with Crippen molar-refractivity contribution >= 4 is 51.4 Å². The average Bonchev–Trinajstić information content (AvgIpc) is 3.74. The van der Waals surface area contributed by atoms with E-state index in [0.717, 1.165) is 23.1 Å². The second-order valence-corrected chi connectivity index (χ2v) is 9.81. The van der Waals surface area contributed by atoms with Gasteiger partial charge in [-0.15, -0.1) is 0 Å². The quantitative estimate of drug-likeness (QED) is 0.161. The number of rotatable bonds is 10. The smallest absolute Gasteiger partial charge is 0.247 e. The predicted molar refractivity (Wildman–Crippen MR) is 147 cm³/mol. The molecule has 1 fully saturated rings. The van der Waals surface area contributed by atoms with Gasteiger partial charge in [0.15, 0.2) is 11.6 Å². The molecule has 0 spiro atoms. The molecule has 0 bridgehead atoms. The van der Waals surface area contributed by atoms with Crippen molar-refractivity contribution in [2.24, 2.45) is 11.1 Å². The molecule has 0 atom stereocenters. The Bertz CT molecular complexity index is 1700. The summed E-state index contributed by atoms with van der Waals surface area (Å²) in [5.74, 6) is -2.93. The molecule has 14 heteroatoms. The zero-order chi connectivity index (χ0) is 29.1. The molecule has 11 nitrogen and oxygen atoms in total. The number of halogens is 2. The van der Waals surface area contributed by atoms with Gasteiger partial charge in [-0.25, -0.2) is 22.2 Å². The van der Waals surface area contributed by atoms with Crippen LogP contribution in [0.25, 0.3) is 0 Å². The van der Waals surface area contributed by atoms with Gasteiger partial charge in [-0.05, 0) is 67.4 Å². The van der Waals surface area contributed by atoms with E-state index in [1.807, 2.05) is 0 Å². The van der Waals surface area contributed by atoms with Gasteiger partial charge in [0, 0.05) is 29.7 Å². The molecule has 5 rings (SSSR count). The third-order valence-electron chi connectivity index (χ3n) is 6.28. The van der Waals surface area contributed by atoms with Crippen molar-refractivity contribution in [1.82, 2.24) is 9.97 Å². The number of amides is 2. The van der Waals surface area contributed by atoms with Crippen LogP contribution < -0.4 is 25.4 Å². The summed E-state index contributed by atoms with van der Waals surface area (Å²) >= 11 is 0. The van der Waals surface area contributed by atoms with Crippen molar-refractivity contribution in [2.45, 2.75) is 12.8 Å². The fraction of sp³-hybridized carbons (Fsp3) is 0.111. The Kier molecular flexibility index (Phi) is 7.48. The molecular weight excluding hydrogens is 558 g/mol. The van der Waals surface area contributed by atoms with Crippen molar-refractivity contribution in [1.29, 1.82) is 0 Å². The number of aromatic nitrogens is 2. The lowest BCUT2D eigenvalue weighted by Gasteiger charge is -2.26.